The molecule has 0 aromatic heterocycles. The molecule has 0 unspecified atom stereocenters. The van der Waals surface area contributed by atoms with E-state index in [1.54, 1.807) is 21.8 Å². The van der Waals surface area contributed by atoms with Crippen molar-refractivity contribution >= 4 is 37.3 Å². The maximum absolute atomic E-state index is 11.6. The van der Waals surface area contributed by atoms with E-state index in [-0.39, 0.29) is 11.3 Å². The molecule has 0 saturated carbocycles. The normalized spacial score (nSPS) is 31.6. The van der Waals surface area contributed by atoms with Crippen LogP contribution in [0.2, 0.25) is 0 Å². The highest BCUT2D eigenvalue weighted by atomic mass is 33.1. The van der Waals surface area contributed by atoms with Gasteiger partial charge in [-0.1, -0.05) is 29.0 Å². The Balaban J connectivity index is 1.90. The van der Waals surface area contributed by atoms with Crippen molar-refractivity contribution in [2.24, 2.45) is 0 Å². The van der Waals surface area contributed by atoms with Gasteiger partial charge in [-0.05, 0) is 12.1 Å². The van der Waals surface area contributed by atoms with Crippen LogP contribution in [0.25, 0.3) is 0 Å². The maximum Gasteiger partial charge on any atom is 0.153 e. The van der Waals surface area contributed by atoms with E-state index in [1.807, 2.05) is 30.3 Å². The first-order valence-electron chi connectivity index (χ1n) is 5.04. The molecule has 0 N–H and O–H groups in total. The number of rotatable bonds is 1. The second-order valence-electron chi connectivity index (χ2n) is 4.01. The van der Waals surface area contributed by atoms with E-state index in [9.17, 15) is 8.42 Å². The van der Waals surface area contributed by atoms with Gasteiger partial charge >= 0.3 is 0 Å². The Bertz CT molecular complexity index is 488. The van der Waals surface area contributed by atoms with Gasteiger partial charge in [-0.25, -0.2) is 8.42 Å². The van der Waals surface area contributed by atoms with Crippen LogP contribution in [-0.4, -0.2) is 31.2 Å². The largest absolute Gasteiger partial charge is 0.302 e. The Hall–Kier alpha value is -0.330. The molecule has 2 atom stereocenters. The molecule has 2 heterocycles. The van der Waals surface area contributed by atoms with Gasteiger partial charge in [0.05, 0.1) is 22.8 Å². The number of fused-ring (bicyclic) bond motifs is 1. The summed E-state index contributed by atoms with van der Waals surface area (Å²) in [5, 5.41) is 0.232. The van der Waals surface area contributed by atoms with E-state index in [0.717, 1.165) is 5.69 Å². The first-order chi connectivity index (χ1) is 7.66. The molecule has 1 aromatic carbocycles. The highest BCUT2D eigenvalue weighted by Crippen LogP contribution is 2.49. The first-order valence-corrected chi connectivity index (χ1v) is 9.03. The van der Waals surface area contributed by atoms with Crippen molar-refractivity contribution in [3.05, 3.63) is 30.3 Å². The van der Waals surface area contributed by atoms with E-state index >= 15 is 0 Å². The van der Waals surface area contributed by atoms with Crippen molar-refractivity contribution in [2.75, 3.05) is 15.8 Å². The van der Waals surface area contributed by atoms with Crippen molar-refractivity contribution in [3.63, 3.8) is 0 Å². The van der Waals surface area contributed by atoms with E-state index in [4.69, 9.17) is 0 Å². The molecule has 0 radical (unpaired) electrons. The van der Waals surface area contributed by atoms with Gasteiger partial charge in [0.2, 0.25) is 0 Å². The van der Waals surface area contributed by atoms with Gasteiger partial charge in [0.25, 0.3) is 0 Å². The predicted octanol–water partition coefficient (Wildman–Crippen LogP) is 1.97. The Morgan fingerprint density at radius 1 is 1.19 bits per heavy atom. The van der Waals surface area contributed by atoms with Crippen molar-refractivity contribution in [2.45, 2.75) is 11.3 Å². The van der Waals surface area contributed by atoms with Crippen LogP contribution in [0, 0.1) is 0 Å². The quantitative estimate of drug-likeness (QED) is 0.577. The lowest BCUT2D eigenvalue weighted by Gasteiger charge is -2.21. The van der Waals surface area contributed by atoms with Crippen molar-refractivity contribution in [1.82, 2.24) is 0 Å². The third kappa shape index (κ3) is 1.83. The predicted molar refractivity (Wildman–Crippen MR) is 70.3 cm³/mol. The second kappa shape index (κ2) is 3.85. The van der Waals surface area contributed by atoms with Crippen LogP contribution in [-0.2, 0) is 9.84 Å². The SMILES string of the molecule is O=S1(=O)C[C@@H]2[C@@H](C1)SSN2c1ccccc1. The van der Waals surface area contributed by atoms with Gasteiger partial charge in [-0.15, -0.1) is 0 Å². The fraction of sp³-hybridized carbons (Fsp3) is 0.400. The third-order valence-electron chi connectivity index (χ3n) is 2.83. The molecule has 3 rings (SSSR count). The molecule has 2 aliphatic heterocycles. The number of benzene rings is 1. The smallest absolute Gasteiger partial charge is 0.153 e. The lowest BCUT2D eigenvalue weighted by molar-refractivity contribution is 0.601. The maximum atomic E-state index is 11.6. The zero-order chi connectivity index (χ0) is 11.2. The van der Waals surface area contributed by atoms with Gasteiger partial charge in [0.1, 0.15) is 0 Å². The average molecular weight is 273 g/mol. The van der Waals surface area contributed by atoms with Crippen LogP contribution in [0.3, 0.4) is 0 Å². The zero-order valence-electron chi connectivity index (χ0n) is 8.44. The molecule has 86 valence electrons. The minimum Gasteiger partial charge on any atom is -0.302 e. The van der Waals surface area contributed by atoms with Crippen LogP contribution in [0.15, 0.2) is 30.3 Å². The highest BCUT2D eigenvalue weighted by Gasteiger charge is 2.46. The standard InChI is InChI=1S/C10H11NO2S3/c12-16(13)6-9-10(7-16)14-15-11(9)8-4-2-1-3-5-8/h1-5,9-10H,6-7H2/t9-,10-/m1/s1. The molecule has 1 aromatic rings. The summed E-state index contributed by atoms with van der Waals surface area (Å²) < 4.78 is 25.3. The topological polar surface area (TPSA) is 37.4 Å². The van der Waals surface area contributed by atoms with Gasteiger partial charge < -0.3 is 4.31 Å². The Kier molecular flexibility index (Phi) is 2.60. The monoisotopic (exact) mass is 273 g/mol. The second-order valence-corrected chi connectivity index (χ2v) is 8.53. The highest BCUT2D eigenvalue weighted by molar-refractivity contribution is 8.78. The summed E-state index contributed by atoms with van der Waals surface area (Å²) in [7, 11) is 0.533. The summed E-state index contributed by atoms with van der Waals surface area (Å²) in [5.74, 6) is 0.630. The van der Waals surface area contributed by atoms with Crippen molar-refractivity contribution < 1.29 is 8.42 Å². The van der Waals surface area contributed by atoms with Gasteiger partial charge in [0.15, 0.2) is 9.84 Å². The van der Waals surface area contributed by atoms with E-state index in [0.29, 0.717) is 11.5 Å². The lowest BCUT2D eigenvalue weighted by atomic mass is 10.2. The molecular weight excluding hydrogens is 262 g/mol. The summed E-state index contributed by atoms with van der Waals surface area (Å²) in [6.45, 7) is 0. The third-order valence-corrected chi connectivity index (χ3v) is 7.70. The zero-order valence-corrected chi connectivity index (χ0v) is 10.9. The number of anilines is 1. The summed E-state index contributed by atoms with van der Waals surface area (Å²) in [5.41, 5.74) is 1.10. The van der Waals surface area contributed by atoms with Crippen molar-refractivity contribution in [3.8, 4) is 0 Å². The lowest BCUT2D eigenvalue weighted by Crippen LogP contribution is -2.31. The molecule has 0 amide bonds. The Morgan fingerprint density at radius 3 is 2.69 bits per heavy atom. The molecule has 2 aliphatic rings. The van der Waals surface area contributed by atoms with E-state index in [1.165, 1.54) is 0 Å². The molecule has 6 heteroatoms. The van der Waals surface area contributed by atoms with Crippen LogP contribution >= 0.6 is 21.8 Å². The number of hydrogen-bond donors (Lipinski definition) is 0. The fourth-order valence-electron chi connectivity index (χ4n) is 2.07. The molecule has 2 saturated heterocycles. The van der Waals surface area contributed by atoms with E-state index in [2.05, 4.69) is 4.31 Å². The first kappa shape index (κ1) is 10.8. The summed E-state index contributed by atoms with van der Waals surface area (Å²) >= 11 is 0. The number of nitrogens with zero attached hydrogens (tertiary/aromatic N) is 1. The Labute approximate surface area is 103 Å². The number of hydrogen-bond acceptors (Lipinski definition) is 5. The minimum absolute atomic E-state index is 0.141. The summed E-state index contributed by atoms with van der Waals surface area (Å²) in [6, 6.07) is 10.1. The molecule has 0 spiro atoms. The minimum atomic E-state index is -2.82. The van der Waals surface area contributed by atoms with Crippen LogP contribution < -0.4 is 4.31 Å². The molecular formula is C10H11NO2S3. The van der Waals surface area contributed by atoms with Crippen LogP contribution in [0.4, 0.5) is 5.69 Å². The number of sulfone groups is 1. The summed E-state index contributed by atoms with van der Waals surface area (Å²) in [6.07, 6.45) is 0. The van der Waals surface area contributed by atoms with Crippen molar-refractivity contribution in [1.29, 1.82) is 0 Å². The van der Waals surface area contributed by atoms with Gasteiger partial charge in [0, 0.05) is 16.7 Å². The number of para-hydroxylation sites is 1. The summed E-state index contributed by atoms with van der Waals surface area (Å²) in [4.78, 5) is 0. The molecule has 3 nitrogen and oxygen atoms in total. The van der Waals surface area contributed by atoms with Gasteiger partial charge in [-0.2, -0.15) is 0 Å². The van der Waals surface area contributed by atoms with Gasteiger partial charge in [-0.3, -0.25) is 0 Å². The van der Waals surface area contributed by atoms with E-state index < -0.39 is 9.84 Å². The molecule has 2 fully saturated rings. The fourth-order valence-corrected chi connectivity index (χ4v) is 8.15. The average Bonchev–Trinajstić information content (AvgIpc) is 2.74. The van der Waals surface area contributed by atoms with Crippen LogP contribution in [0.1, 0.15) is 0 Å². The molecule has 0 bridgehead atoms. The Morgan fingerprint density at radius 2 is 1.94 bits per heavy atom. The van der Waals surface area contributed by atoms with Crippen LogP contribution in [0.5, 0.6) is 0 Å². The molecule has 0 aliphatic carbocycles. The molecule has 16 heavy (non-hydrogen) atoms.